The quantitative estimate of drug-likeness (QED) is 0.606. The summed E-state index contributed by atoms with van der Waals surface area (Å²) in [5.41, 5.74) is 2.86. The van der Waals surface area contributed by atoms with Gasteiger partial charge in [0.2, 0.25) is 5.91 Å². The third-order valence-electron chi connectivity index (χ3n) is 4.69. The molecule has 0 aliphatic carbocycles. The van der Waals surface area contributed by atoms with Crippen molar-refractivity contribution in [3.63, 3.8) is 0 Å². The highest BCUT2D eigenvalue weighted by Crippen LogP contribution is 2.25. The number of halogens is 4. The third kappa shape index (κ3) is 5.95. The van der Waals surface area contributed by atoms with E-state index in [1.165, 1.54) is 11.0 Å². The van der Waals surface area contributed by atoms with E-state index in [0.29, 0.717) is 12.2 Å². The van der Waals surface area contributed by atoms with E-state index in [1.807, 2.05) is 25.5 Å². The summed E-state index contributed by atoms with van der Waals surface area (Å²) in [5, 5.41) is 12.5. The van der Waals surface area contributed by atoms with Crippen LogP contribution in [0.15, 0.2) is 18.2 Å². The highest BCUT2D eigenvalue weighted by molar-refractivity contribution is 6.05. The van der Waals surface area contributed by atoms with Gasteiger partial charge in [-0.05, 0) is 32.0 Å². The van der Waals surface area contributed by atoms with E-state index in [1.54, 1.807) is 12.1 Å². The van der Waals surface area contributed by atoms with Crippen LogP contribution in [0.25, 0.3) is 0 Å². The summed E-state index contributed by atoms with van der Waals surface area (Å²) in [4.78, 5) is 37.8. The molecule has 2 aromatic rings. The van der Waals surface area contributed by atoms with Crippen LogP contribution >= 0.6 is 0 Å². The summed E-state index contributed by atoms with van der Waals surface area (Å²) < 4.78 is 47.9. The lowest BCUT2D eigenvalue weighted by molar-refractivity contribution is -0.192. The molecule has 32 heavy (non-hydrogen) atoms. The van der Waals surface area contributed by atoms with Gasteiger partial charge in [-0.1, -0.05) is 0 Å². The molecule has 0 saturated carbocycles. The Morgan fingerprint density at radius 3 is 2.41 bits per heavy atom. The maximum atomic E-state index is 14.2. The zero-order valence-corrected chi connectivity index (χ0v) is 17.4. The van der Waals surface area contributed by atoms with Gasteiger partial charge in [0.05, 0.1) is 17.9 Å². The molecule has 9 nitrogen and oxygen atoms in total. The molecule has 1 aromatic heterocycles. The minimum absolute atomic E-state index is 0.141. The number of aryl methyl sites for hydroxylation is 1. The van der Waals surface area contributed by atoms with Crippen molar-refractivity contribution in [2.45, 2.75) is 33.0 Å². The van der Waals surface area contributed by atoms with Crippen molar-refractivity contribution < 1.29 is 37.1 Å². The Kier molecular flexibility index (Phi) is 7.44. The zero-order valence-electron chi connectivity index (χ0n) is 17.4. The van der Waals surface area contributed by atoms with E-state index < -0.39 is 24.0 Å². The minimum atomic E-state index is -5.08. The van der Waals surface area contributed by atoms with Crippen LogP contribution in [0.3, 0.4) is 0 Å². The Morgan fingerprint density at radius 1 is 1.28 bits per heavy atom. The summed E-state index contributed by atoms with van der Waals surface area (Å²) in [6.45, 7) is 4.58. The van der Waals surface area contributed by atoms with Crippen molar-refractivity contribution in [1.29, 1.82) is 0 Å². The molecule has 3 amide bonds. The van der Waals surface area contributed by atoms with Crippen LogP contribution in [0.2, 0.25) is 0 Å². The lowest BCUT2D eigenvalue weighted by Gasteiger charge is -2.27. The number of nitrogens with zero attached hydrogens (tertiary/aromatic N) is 3. The topological polar surface area (TPSA) is 117 Å². The molecule has 3 rings (SSSR count). The van der Waals surface area contributed by atoms with Crippen LogP contribution in [0.4, 0.5) is 33.7 Å². The third-order valence-corrected chi connectivity index (χ3v) is 4.69. The molecule has 1 aliphatic rings. The molecule has 0 atom stereocenters. The molecule has 0 radical (unpaired) electrons. The van der Waals surface area contributed by atoms with Crippen LogP contribution in [0.5, 0.6) is 0 Å². The number of aromatic nitrogens is 2. The fraction of sp³-hybridized carbons (Fsp3) is 0.368. The van der Waals surface area contributed by atoms with Gasteiger partial charge in [-0.15, -0.1) is 0 Å². The van der Waals surface area contributed by atoms with Crippen molar-refractivity contribution in [3.05, 3.63) is 41.2 Å². The highest BCUT2D eigenvalue weighted by Gasteiger charge is 2.38. The molecule has 13 heteroatoms. The van der Waals surface area contributed by atoms with Crippen molar-refractivity contribution in [2.24, 2.45) is 7.05 Å². The number of amides is 3. The first kappa shape index (κ1) is 24.6. The highest BCUT2D eigenvalue weighted by atomic mass is 19.4. The van der Waals surface area contributed by atoms with Crippen LogP contribution in [0.1, 0.15) is 23.6 Å². The number of urea groups is 1. The van der Waals surface area contributed by atoms with Gasteiger partial charge in [-0.25, -0.2) is 19.0 Å². The normalized spacial score (nSPS) is 13.9. The number of hydrogen-bond acceptors (Lipinski definition) is 5. The molecule has 0 unspecified atom stereocenters. The Labute approximate surface area is 180 Å². The molecule has 0 bridgehead atoms. The van der Waals surface area contributed by atoms with Crippen molar-refractivity contribution in [2.75, 3.05) is 16.8 Å². The first-order chi connectivity index (χ1) is 14.8. The van der Waals surface area contributed by atoms with Crippen molar-refractivity contribution in [1.82, 2.24) is 14.9 Å². The fourth-order valence-electron chi connectivity index (χ4n) is 2.75. The molecule has 3 N–H and O–H groups in total. The van der Waals surface area contributed by atoms with Crippen LogP contribution in [-0.2, 0) is 23.2 Å². The Balaban J connectivity index is 0.000000451. The summed E-state index contributed by atoms with van der Waals surface area (Å²) in [6, 6.07) is 3.86. The number of carbonyl (C=O) groups is 3. The van der Waals surface area contributed by atoms with E-state index in [-0.39, 0.29) is 24.6 Å². The monoisotopic (exact) mass is 459 g/mol. The second kappa shape index (κ2) is 9.66. The number of carboxylic acid groups (broad SMARTS) is 1. The van der Waals surface area contributed by atoms with Gasteiger partial charge in [-0.3, -0.25) is 15.0 Å². The number of benzene rings is 1. The summed E-state index contributed by atoms with van der Waals surface area (Å²) in [6.07, 6.45) is -4.94. The smallest absolute Gasteiger partial charge is 0.475 e. The number of imidazole rings is 1. The van der Waals surface area contributed by atoms with Gasteiger partial charge >= 0.3 is 18.2 Å². The number of anilines is 2. The number of nitrogens with one attached hydrogen (secondary N) is 2. The number of imide groups is 1. The SMILES string of the molecule is Cc1nc(CNc2ccc(F)c(N3CCC(=O)NC3=O)c2)n(C)c1C.O=C(O)C(F)(F)F. The molecule has 1 aromatic carbocycles. The van der Waals surface area contributed by atoms with Crippen LogP contribution < -0.4 is 15.5 Å². The van der Waals surface area contributed by atoms with E-state index >= 15 is 0 Å². The molecule has 2 heterocycles. The minimum Gasteiger partial charge on any atom is -0.475 e. The van der Waals surface area contributed by atoms with Crippen molar-refractivity contribution >= 4 is 29.3 Å². The number of alkyl halides is 3. The molecule has 1 aliphatic heterocycles. The molecular weight excluding hydrogens is 438 g/mol. The van der Waals surface area contributed by atoms with Crippen molar-refractivity contribution in [3.8, 4) is 0 Å². The van der Waals surface area contributed by atoms with Crippen LogP contribution in [0, 0.1) is 19.7 Å². The van der Waals surface area contributed by atoms with Gasteiger partial charge < -0.3 is 15.0 Å². The standard InChI is InChI=1S/C17H20FN5O2.C2HF3O2/c1-10-11(2)22(3)15(20-10)9-19-12-4-5-13(18)14(8-12)23-7-6-16(24)21-17(23)25;3-2(4,5)1(6)7/h4-5,8,19H,6-7,9H2,1-3H3,(H,21,24,25);(H,6,7). The molecular formula is C19H21F4N5O4. The number of hydrogen-bond donors (Lipinski definition) is 3. The number of carboxylic acids is 1. The van der Waals surface area contributed by atoms with Gasteiger partial charge in [-0.2, -0.15) is 13.2 Å². The lowest BCUT2D eigenvalue weighted by Crippen LogP contribution is -2.49. The first-order valence-electron chi connectivity index (χ1n) is 9.25. The number of aliphatic carboxylic acids is 1. The number of rotatable bonds is 4. The zero-order chi connectivity index (χ0) is 24.2. The second-order valence-corrected chi connectivity index (χ2v) is 6.84. The van der Waals surface area contributed by atoms with E-state index in [0.717, 1.165) is 17.2 Å². The molecule has 1 saturated heterocycles. The Morgan fingerprint density at radius 2 is 1.91 bits per heavy atom. The Bertz CT molecular complexity index is 1040. The van der Waals surface area contributed by atoms with Crippen LogP contribution in [-0.4, -0.2) is 45.3 Å². The first-order valence-corrected chi connectivity index (χ1v) is 9.25. The maximum Gasteiger partial charge on any atom is 0.490 e. The number of carbonyl (C=O) groups excluding carboxylic acids is 2. The lowest BCUT2D eigenvalue weighted by atomic mass is 10.2. The van der Waals surface area contributed by atoms with Gasteiger partial charge in [0.1, 0.15) is 11.6 Å². The summed E-state index contributed by atoms with van der Waals surface area (Å²) in [5.74, 6) is -2.76. The van der Waals surface area contributed by atoms with Gasteiger partial charge in [0.15, 0.2) is 0 Å². The summed E-state index contributed by atoms with van der Waals surface area (Å²) >= 11 is 0. The largest absolute Gasteiger partial charge is 0.490 e. The molecule has 1 fully saturated rings. The van der Waals surface area contributed by atoms with E-state index in [9.17, 15) is 27.2 Å². The second-order valence-electron chi connectivity index (χ2n) is 6.84. The van der Waals surface area contributed by atoms with E-state index in [2.05, 4.69) is 15.6 Å². The molecule has 0 spiro atoms. The Hall–Kier alpha value is -3.64. The molecule has 174 valence electrons. The summed E-state index contributed by atoms with van der Waals surface area (Å²) in [7, 11) is 1.94. The average Bonchev–Trinajstić information content (AvgIpc) is 2.94. The maximum absolute atomic E-state index is 14.2. The van der Waals surface area contributed by atoms with E-state index in [4.69, 9.17) is 9.90 Å². The predicted molar refractivity (Wildman–Crippen MR) is 106 cm³/mol. The van der Waals surface area contributed by atoms with Gasteiger partial charge in [0.25, 0.3) is 0 Å². The van der Waals surface area contributed by atoms with Gasteiger partial charge in [0, 0.05) is 31.4 Å². The average molecular weight is 459 g/mol. The predicted octanol–water partition coefficient (Wildman–Crippen LogP) is 2.87. The fourth-order valence-corrected chi connectivity index (χ4v) is 2.75.